The lowest BCUT2D eigenvalue weighted by molar-refractivity contribution is 0.1000. The molecule has 0 aliphatic carbocycles. The first-order valence-electron chi connectivity index (χ1n) is 8.34. The second-order valence-corrected chi connectivity index (χ2v) is 5.74. The molecule has 0 spiro atoms. The zero-order chi connectivity index (χ0) is 18.2. The van der Waals surface area contributed by atoms with Gasteiger partial charge in [0.1, 0.15) is 5.75 Å². The molecule has 1 aromatic carbocycles. The Morgan fingerprint density at radius 3 is 2.54 bits per heavy atom. The Morgan fingerprint density at radius 2 is 1.88 bits per heavy atom. The van der Waals surface area contributed by atoms with Gasteiger partial charge in [0.05, 0.1) is 5.56 Å². The molecule has 0 fully saturated rings. The molecule has 0 radical (unpaired) electrons. The summed E-state index contributed by atoms with van der Waals surface area (Å²) in [7, 11) is 0. The van der Waals surface area contributed by atoms with Crippen molar-refractivity contribution in [3.8, 4) is 11.6 Å². The van der Waals surface area contributed by atoms with Crippen molar-refractivity contribution in [2.24, 2.45) is 5.73 Å². The largest absolute Gasteiger partial charge is 0.439 e. The fraction of sp³-hybridized carbons (Fsp3) is 0.150. The number of aromatic nitrogens is 2. The number of nitrogens with zero attached hydrogens (tertiary/aromatic N) is 2. The lowest BCUT2D eigenvalue weighted by Crippen LogP contribution is -2.17. The van der Waals surface area contributed by atoms with Gasteiger partial charge in [0.25, 0.3) is 0 Å². The number of benzene rings is 1. The van der Waals surface area contributed by atoms with Gasteiger partial charge in [0.15, 0.2) is 0 Å². The molecule has 3 N–H and O–H groups in total. The molecule has 0 bridgehead atoms. The van der Waals surface area contributed by atoms with E-state index in [1.54, 1.807) is 12.1 Å². The van der Waals surface area contributed by atoms with Gasteiger partial charge in [0, 0.05) is 43.7 Å². The molecular formula is C20H20N4O2. The Morgan fingerprint density at radius 1 is 1.04 bits per heavy atom. The summed E-state index contributed by atoms with van der Waals surface area (Å²) in [6.45, 7) is 1.64. The summed E-state index contributed by atoms with van der Waals surface area (Å²) in [4.78, 5) is 19.4. The average molecular weight is 348 g/mol. The zero-order valence-corrected chi connectivity index (χ0v) is 14.3. The van der Waals surface area contributed by atoms with E-state index >= 15 is 0 Å². The Bertz CT molecular complexity index is 834. The van der Waals surface area contributed by atoms with Crippen LogP contribution in [-0.4, -0.2) is 22.4 Å². The van der Waals surface area contributed by atoms with Gasteiger partial charge in [-0.25, -0.2) is 4.98 Å². The van der Waals surface area contributed by atoms with Crippen LogP contribution in [0.2, 0.25) is 0 Å². The number of pyridine rings is 2. The van der Waals surface area contributed by atoms with Crippen LogP contribution in [0.4, 0.5) is 0 Å². The molecule has 0 aliphatic rings. The van der Waals surface area contributed by atoms with E-state index in [9.17, 15) is 4.79 Å². The fourth-order valence-corrected chi connectivity index (χ4v) is 2.38. The molecule has 0 aliphatic heterocycles. The molecule has 132 valence electrons. The van der Waals surface area contributed by atoms with Crippen molar-refractivity contribution in [3.63, 3.8) is 0 Å². The normalized spacial score (nSPS) is 10.5. The van der Waals surface area contributed by atoms with E-state index in [2.05, 4.69) is 15.3 Å². The number of amides is 1. The van der Waals surface area contributed by atoms with Crippen molar-refractivity contribution in [3.05, 3.63) is 83.8 Å². The third-order valence-electron chi connectivity index (χ3n) is 3.78. The Balaban J connectivity index is 1.46. The topological polar surface area (TPSA) is 90.1 Å². The molecular weight excluding hydrogens is 328 g/mol. The molecule has 6 heteroatoms. The smallest absolute Gasteiger partial charge is 0.250 e. The minimum atomic E-state index is -0.510. The van der Waals surface area contributed by atoms with Crippen LogP contribution in [0.3, 0.4) is 0 Å². The third-order valence-corrected chi connectivity index (χ3v) is 3.78. The Kier molecular flexibility index (Phi) is 5.90. The van der Waals surface area contributed by atoms with E-state index in [-0.39, 0.29) is 0 Å². The number of primary amides is 1. The number of rotatable bonds is 8. The first kappa shape index (κ1) is 17.6. The average Bonchev–Trinajstić information content (AvgIpc) is 2.68. The van der Waals surface area contributed by atoms with Gasteiger partial charge in [-0.1, -0.05) is 18.2 Å². The van der Waals surface area contributed by atoms with Gasteiger partial charge in [0.2, 0.25) is 11.8 Å². The molecule has 0 saturated heterocycles. The zero-order valence-electron chi connectivity index (χ0n) is 14.3. The molecule has 0 atom stereocenters. The van der Waals surface area contributed by atoms with Gasteiger partial charge in [-0.15, -0.1) is 0 Å². The molecule has 26 heavy (non-hydrogen) atoms. The van der Waals surface area contributed by atoms with E-state index in [0.29, 0.717) is 17.2 Å². The predicted octanol–water partition coefficient (Wildman–Crippen LogP) is 2.70. The molecule has 0 unspecified atom stereocenters. The molecule has 2 heterocycles. The fourth-order valence-electron chi connectivity index (χ4n) is 2.38. The second kappa shape index (κ2) is 8.73. The van der Waals surface area contributed by atoms with E-state index < -0.39 is 5.91 Å². The van der Waals surface area contributed by atoms with Crippen LogP contribution in [0, 0.1) is 0 Å². The molecule has 0 saturated carbocycles. The van der Waals surface area contributed by atoms with Crippen molar-refractivity contribution in [2.45, 2.75) is 13.0 Å². The van der Waals surface area contributed by atoms with Gasteiger partial charge in [-0.05, 0) is 35.9 Å². The van der Waals surface area contributed by atoms with E-state index in [0.717, 1.165) is 30.8 Å². The van der Waals surface area contributed by atoms with Crippen LogP contribution < -0.4 is 15.8 Å². The van der Waals surface area contributed by atoms with Crippen LogP contribution in [0.25, 0.3) is 0 Å². The van der Waals surface area contributed by atoms with E-state index in [1.165, 1.54) is 6.20 Å². The van der Waals surface area contributed by atoms with Gasteiger partial charge in [-0.3, -0.25) is 9.78 Å². The highest BCUT2D eigenvalue weighted by atomic mass is 16.5. The van der Waals surface area contributed by atoms with Gasteiger partial charge >= 0.3 is 0 Å². The number of ether oxygens (including phenoxy) is 1. The summed E-state index contributed by atoms with van der Waals surface area (Å²) >= 11 is 0. The SMILES string of the molecule is NC(=O)c1ccc(Oc2ccc(CNCCc3ccccn3)cc2)nc1. The highest BCUT2D eigenvalue weighted by Crippen LogP contribution is 2.19. The molecule has 6 nitrogen and oxygen atoms in total. The minimum Gasteiger partial charge on any atom is -0.439 e. The van der Waals surface area contributed by atoms with Crippen molar-refractivity contribution < 1.29 is 9.53 Å². The van der Waals surface area contributed by atoms with Gasteiger partial charge in [-0.2, -0.15) is 0 Å². The maximum Gasteiger partial charge on any atom is 0.250 e. The lowest BCUT2D eigenvalue weighted by atomic mass is 10.2. The van der Waals surface area contributed by atoms with E-state index in [4.69, 9.17) is 10.5 Å². The van der Waals surface area contributed by atoms with Crippen molar-refractivity contribution in [1.82, 2.24) is 15.3 Å². The monoisotopic (exact) mass is 348 g/mol. The third kappa shape index (κ3) is 5.12. The highest BCUT2D eigenvalue weighted by Gasteiger charge is 2.03. The van der Waals surface area contributed by atoms with Crippen LogP contribution in [-0.2, 0) is 13.0 Å². The van der Waals surface area contributed by atoms with Crippen LogP contribution in [0.15, 0.2) is 67.0 Å². The molecule has 2 aromatic heterocycles. The highest BCUT2D eigenvalue weighted by molar-refractivity contribution is 5.92. The summed E-state index contributed by atoms with van der Waals surface area (Å²) in [6, 6.07) is 16.9. The first-order chi connectivity index (χ1) is 12.7. The maximum absolute atomic E-state index is 11.0. The quantitative estimate of drug-likeness (QED) is 0.611. The van der Waals surface area contributed by atoms with Crippen molar-refractivity contribution in [1.29, 1.82) is 0 Å². The number of carbonyl (C=O) groups excluding carboxylic acids is 1. The predicted molar refractivity (Wildman–Crippen MR) is 98.9 cm³/mol. The number of hydrogen-bond acceptors (Lipinski definition) is 5. The van der Waals surface area contributed by atoms with Crippen LogP contribution >= 0.6 is 0 Å². The number of nitrogens with two attached hydrogens (primary N) is 1. The summed E-state index contributed by atoms with van der Waals surface area (Å²) in [5.74, 6) is 0.585. The standard InChI is InChI=1S/C20H20N4O2/c21-20(25)16-6-9-19(24-14-16)26-18-7-4-15(5-8-18)13-22-12-10-17-3-1-2-11-23-17/h1-9,11,14,22H,10,12-13H2,(H2,21,25). The summed E-state index contributed by atoms with van der Waals surface area (Å²) in [6.07, 6.45) is 4.11. The summed E-state index contributed by atoms with van der Waals surface area (Å²) in [5.41, 5.74) is 7.78. The van der Waals surface area contributed by atoms with Crippen LogP contribution in [0.5, 0.6) is 11.6 Å². The molecule has 3 rings (SSSR count). The second-order valence-electron chi connectivity index (χ2n) is 5.74. The van der Waals surface area contributed by atoms with Gasteiger partial charge < -0.3 is 15.8 Å². The number of nitrogens with one attached hydrogen (secondary N) is 1. The number of carbonyl (C=O) groups is 1. The molecule has 3 aromatic rings. The van der Waals surface area contributed by atoms with Crippen molar-refractivity contribution in [2.75, 3.05) is 6.54 Å². The summed E-state index contributed by atoms with van der Waals surface area (Å²) in [5, 5.41) is 3.40. The maximum atomic E-state index is 11.0. The first-order valence-corrected chi connectivity index (χ1v) is 8.34. The van der Waals surface area contributed by atoms with Crippen LogP contribution in [0.1, 0.15) is 21.6 Å². The van der Waals surface area contributed by atoms with E-state index in [1.807, 2.05) is 48.7 Å². The Labute approximate surface area is 152 Å². The van der Waals surface area contributed by atoms with Crippen molar-refractivity contribution >= 4 is 5.91 Å². The number of hydrogen-bond donors (Lipinski definition) is 2. The minimum absolute atomic E-state index is 0.351. The Hall–Kier alpha value is -3.25. The lowest BCUT2D eigenvalue weighted by Gasteiger charge is -2.07. The molecule has 1 amide bonds. The summed E-state index contributed by atoms with van der Waals surface area (Å²) < 4.78 is 5.66.